The summed E-state index contributed by atoms with van der Waals surface area (Å²) in [6.45, 7) is 3.96. The zero-order chi connectivity index (χ0) is 20.0. The second-order valence-corrected chi connectivity index (χ2v) is 7.05. The number of hydrogen-bond donors (Lipinski definition) is 1. The normalized spacial score (nSPS) is 17.7. The number of ether oxygens (including phenoxy) is 2. The third-order valence-corrected chi connectivity index (χ3v) is 5.23. The summed E-state index contributed by atoms with van der Waals surface area (Å²) < 4.78 is 9.80. The van der Waals surface area contributed by atoms with Gasteiger partial charge in [0.05, 0.1) is 35.5 Å². The number of carbonyl (C=O) groups is 4. The molecule has 0 saturated carbocycles. The second-order valence-electron chi connectivity index (χ2n) is 5.81. The molecule has 146 valence electrons. The molecule has 9 heteroatoms. The van der Waals surface area contributed by atoms with Crippen LogP contribution in [-0.2, 0) is 23.9 Å². The zero-order valence-corrected chi connectivity index (χ0v) is 16.1. The van der Waals surface area contributed by atoms with Crippen molar-refractivity contribution in [3.8, 4) is 0 Å². The maximum atomic E-state index is 12.6. The molecular formula is C18H23N2O6S+. The molecule has 1 saturated heterocycles. The summed E-state index contributed by atoms with van der Waals surface area (Å²) in [4.78, 5) is 49.3. The van der Waals surface area contributed by atoms with Crippen LogP contribution >= 0.6 is 11.8 Å². The lowest BCUT2D eigenvalue weighted by Gasteiger charge is -2.15. The Bertz CT molecular complexity index is 721. The van der Waals surface area contributed by atoms with Gasteiger partial charge in [-0.15, -0.1) is 11.8 Å². The highest BCUT2D eigenvalue weighted by molar-refractivity contribution is 8.00. The Balaban J connectivity index is 2.01. The summed E-state index contributed by atoms with van der Waals surface area (Å²) in [5.74, 6) is -1.26. The van der Waals surface area contributed by atoms with E-state index in [4.69, 9.17) is 9.47 Å². The third kappa shape index (κ3) is 5.08. The van der Waals surface area contributed by atoms with Gasteiger partial charge in [-0.05, 0) is 38.1 Å². The van der Waals surface area contributed by atoms with E-state index in [1.54, 1.807) is 13.8 Å². The molecule has 1 aliphatic heterocycles. The first-order valence-electron chi connectivity index (χ1n) is 8.64. The Labute approximate surface area is 161 Å². The second kappa shape index (κ2) is 9.52. The molecule has 0 unspecified atom stereocenters. The Hall–Kier alpha value is -2.39. The molecule has 1 aromatic rings. The van der Waals surface area contributed by atoms with E-state index < -0.39 is 23.2 Å². The molecule has 2 rings (SSSR count). The molecule has 1 aliphatic rings. The van der Waals surface area contributed by atoms with Gasteiger partial charge in [-0.3, -0.25) is 9.59 Å². The van der Waals surface area contributed by atoms with E-state index in [-0.39, 0.29) is 37.2 Å². The summed E-state index contributed by atoms with van der Waals surface area (Å²) in [5, 5.41) is -0.569. The molecule has 1 aromatic carbocycles. The summed E-state index contributed by atoms with van der Waals surface area (Å²) in [6.07, 6.45) is 0.0542. The summed E-state index contributed by atoms with van der Waals surface area (Å²) in [7, 11) is 0. The maximum absolute atomic E-state index is 12.6. The number of nitrogens with zero attached hydrogens (tertiary/aromatic N) is 1. The minimum atomic E-state index is -0.601. The number of benzene rings is 1. The van der Waals surface area contributed by atoms with E-state index in [1.165, 1.54) is 36.0 Å². The first kappa shape index (κ1) is 20.9. The van der Waals surface area contributed by atoms with Crippen molar-refractivity contribution in [3.63, 3.8) is 0 Å². The van der Waals surface area contributed by atoms with Crippen LogP contribution in [0.3, 0.4) is 0 Å². The maximum Gasteiger partial charge on any atom is 0.365 e. The van der Waals surface area contributed by atoms with Crippen LogP contribution in [0.1, 0.15) is 30.6 Å². The molecule has 0 aliphatic carbocycles. The zero-order valence-electron chi connectivity index (χ0n) is 15.3. The minimum Gasteiger partial charge on any atom is -0.462 e. The average molecular weight is 395 g/mol. The van der Waals surface area contributed by atoms with Gasteiger partial charge in [0.1, 0.15) is 0 Å². The standard InChI is InChI=1S/C18H22N2O6S/c1-3-25-17(23)11-5-7-12(8-6-11)20-15(21)9-14(16(20)22)27-10-13(19)18(24)26-4-2/h5-8,13-14H,3-4,9-10,19H2,1-2H3/p+1/t13-,14-/m0/s1. The van der Waals surface area contributed by atoms with Gasteiger partial charge in [-0.25, -0.2) is 14.5 Å². The lowest BCUT2D eigenvalue weighted by Crippen LogP contribution is -2.66. The number of hydrogen-bond acceptors (Lipinski definition) is 7. The minimum absolute atomic E-state index is 0.0542. The van der Waals surface area contributed by atoms with Gasteiger partial charge in [0.25, 0.3) is 0 Å². The number of amides is 2. The van der Waals surface area contributed by atoms with Gasteiger partial charge >= 0.3 is 11.9 Å². The van der Waals surface area contributed by atoms with Crippen LogP contribution in [0.5, 0.6) is 0 Å². The van der Waals surface area contributed by atoms with Crippen LogP contribution in [0, 0.1) is 0 Å². The largest absolute Gasteiger partial charge is 0.462 e. The molecule has 0 bridgehead atoms. The van der Waals surface area contributed by atoms with Crippen molar-refractivity contribution < 1.29 is 34.4 Å². The number of anilines is 1. The van der Waals surface area contributed by atoms with Crippen LogP contribution in [0.25, 0.3) is 0 Å². The van der Waals surface area contributed by atoms with Crippen molar-refractivity contribution in [2.24, 2.45) is 0 Å². The Morgan fingerprint density at radius 2 is 1.81 bits per heavy atom. The molecule has 0 aromatic heterocycles. The monoisotopic (exact) mass is 395 g/mol. The Morgan fingerprint density at radius 3 is 2.41 bits per heavy atom. The predicted molar refractivity (Wildman–Crippen MR) is 99.1 cm³/mol. The quantitative estimate of drug-likeness (QED) is 0.500. The van der Waals surface area contributed by atoms with Gasteiger partial charge in [0, 0.05) is 6.42 Å². The van der Waals surface area contributed by atoms with E-state index in [1.807, 2.05) is 0 Å². The number of rotatable bonds is 8. The fourth-order valence-corrected chi connectivity index (χ4v) is 3.64. The van der Waals surface area contributed by atoms with Gasteiger partial charge in [0.2, 0.25) is 11.8 Å². The smallest absolute Gasteiger partial charge is 0.365 e. The molecule has 1 heterocycles. The first-order valence-corrected chi connectivity index (χ1v) is 9.69. The van der Waals surface area contributed by atoms with Crippen molar-refractivity contribution in [2.45, 2.75) is 31.6 Å². The average Bonchev–Trinajstić information content (AvgIpc) is 2.93. The lowest BCUT2D eigenvalue weighted by molar-refractivity contribution is -0.401. The van der Waals surface area contributed by atoms with Crippen molar-refractivity contribution in [1.82, 2.24) is 0 Å². The lowest BCUT2D eigenvalue weighted by atomic mass is 10.2. The van der Waals surface area contributed by atoms with Crippen molar-refractivity contribution in [2.75, 3.05) is 23.9 Å². The predicted octanol–water partition coefficient (Wildman–Crippen LogP) is 0.402. The van der Waals surface area contributed by atoms with Crippen LogP contribution in [0.4, 0.5) is 5.69 Å². The number of thioether (sulfide) groups is 1. The van der Waals surface area contributed by atoms with Crippen molar-refractivity contribution >= 4 is 41.2 Å². The third-order valence-electron chi connectivity index (χ3n) is 3.86. The molecule has 1 fully saturated rings. The molecule has 8 nitrogen and oxygen atoms in total. The molecular weight excluding hydrogens is 372 g/mol. The topological polar surface area (TPSA) is 118 Å². The number of carbonyl (C=O) groups excluding carboxylic acids is 4. The number of esters is 2. The highest BCUT2D eigenvalue weighted by Gasteiger charge is 2.40. The van der Waals surface area contributed by atoms with E-state index in [0.717, 1.165) is 4.90 Å². The van der Waals surface area contributed by atoms with E-state index in [9.17, 15) is 19.2 Å². The summed E-state index contributed by atoms with van der Waals surface area (Å²) in [6, 6.07) is 5.51. The van der Waals surface area contributed by atoms with E-state index in [2.05, 4.69) is 5.73 Å². The fraction of sp³-hybridized carbons (Fsp3) is 0.444. The van der Waals surface area contributed by atoms with Crippen LogP contribution in [0.2, 0.25) is 0 Å². The molecule has 3 N–H and O–H groups in total. The van der Waals surface area contributed by atoms with E-state index >= 15 is 0 Å². The summed E-state index contributed by atoms with van der Waals surface area (Å²) in [5.41, 5.74) is 4.48. The Kier molecular flexibility index (Phi) is 7.37. The summed E-state index contributed by atoms with van der Waals surface area (Å²) >= 11 is 1.22. The van der Waals surface area contributed by atoms with Gasteiger partial charge in [0.15, 0.2) is 6.04 Å². The highest BCUT2D eigenvalue weighted by atomic mass is 32.2. The molecule has 0 spiro atoms. The molecule has 27 heavy (non-hydrogen) atoms. The van der Waals surface area contributed by atoms with Gasteiger partial charge in [-0.1, -0.05) is 0 Å². The number of quaternary nitrogens is 1. The SMILES string of the molecule is CCOC(=O)c1ccc(N2C(=O)C[C@H](SC[C@H]([NH3+])C(=O)OCC)C2=O)cc1. The first-order chi connectivity index (χ1) is 12.9. The number of imide groups is 1. The van der Waals surface area contributed by atoms with Crippen LogP contribution in [-0.4, -0.2) is 54.0 Å². The van der Waals surface area contributed by atoms with Crippen LogP contribution < -0.4 is 10.6 Å². The highest BCUT2D eigenvalue weighted by Crippen LogP contribution is 2.30. The molecule has 2 atom stereocenters. The van der Waals surface area contributed by atoms with E-state index in [0.29, 0.717) is 11.3 Å². The molecule has 0 radical (unpaired) electrons. The van der Waals surface area contributed by atoms with Crippen LogP contribution in [0.15, 0.2) is 24.3 Å². The van der Waals surface area contributed by atoms with Gasteiger partial charge in [-0.2, -0.15) is 0 Å². The van der Waals surface area contributed by atoms with Crippen molar-refractivity contribution in [1.29, 1.82) is 0 Å². The molecule has 2 amide bonds. The fourth-order valence-electron chi connectivity index (χ4n) is 2.53. The van der Waals surface area contributed by atoms with Gasteiger partial charge < -0.3 is 15.2 Å². The van der Waals surface area contributed by atoms with Crippen molar-refractivity contribution in [3.05, 3.63) is 29.8 Å². The Morgan fingerprint density at radius 1 is 1.19 bits per heavy atom.